The first-order valence-corrected chi connectivity index (χ1v) is 9.95. The lowest BCUT2D eigenvalue weighted by molar-refractivity contribution is 0.121. The van der Waals surface area contributed by atoms with Crippen LogP contribution in [0.25, 0.3) is 0 Å². The first kappa shape index (κ1) is 22.2. The molecule has 0 saturated carbocycles. The van der Waals surface area contributed by atoms with Crippen molar-refractivity contribution in [2.24, 2.45) is 0 Å². The summed E-state index contributed by atoms with van der Waals surface area (Å²) in [6.45, 7) is 4.23. The second-order valence-electron chi connectivity index (χ2n) is 6.82. The number of ether oxygens (including phenoxy) is 1. The molecule has 0 aliphatic heterocycles. The standard InChI is InChI=1S/C22H35NO3/c1-3-4-5-6-7-8-9-10-14-17-21(24)19(2)23-22(25)26-18-20-15-12-11-13-16-20/h11-17,19,21,24H,3-10,18H2,1-2H3,(H,23,25)/b17-14-/t19?,21-/m1/s1. The van der Waals surface area contributed by atoms with E-state index in [0.717, 1.165) is 18.4 Å². The average Bonchev–Trinajstić information content (AvgIpc) is 2.65. The van der Waals surface area contributed by atoms with E-state index in [1.165, 1.54) is 38.5 Å². The molecule has 0 saturated heterocycles. The van der Waals surface area contributed by atoms with Crippen molar-refractivity contribution < 1.29 is 14.6 Å². The topological polar surface area (TPSA) is 58.6 Å². The van der Waals surface area contributed by atoms with E-state index in [-0.39, 0.29) is 12.6 Å². The van der Waals surface area contributed by atoms with Crippen molar-refractivity contribution >= 4 is 6.09 Å². The first-order chi connectivity index (χ1) is 12.6. The number of rotatable bonds is 13. The predicted molar refractivity (Wildman–Crippen MR) is 107 cm³/mol. The van der Waals surface area contributed by atoms with Gasteiger partial charge < -0.3 is 15.2 Å². The van der Waals surface area contributed by atoms with Crippen molar-refractivity contribution in [1.82, 2.24) is 5.32 Å². The second-order valence-corrected chi connectivity index (χ2v) is 6.82. The molecule has 0 aromatic heterocycles. The van der Waals surface area contributed by atoms with E-state index in [4.69, 9.17) is 4.74 Å². The molecule has 0 radical (unpaired) electrons. The lowest BCUT2D eigenvalue weighted by Gasteiger charge is -2.17. The number of amides is 1. The number of alkyl carbamates (subject to hydrolysis) is 1. The fraction of sp³-hybridized carbons (Fsp3) is 0.591. The zero-order chi connectivity index (χ0) is 19.0. The molecule has 1 amide bonds. The maximum Gasteiger partial charge on any atom is 0.407 e. The summed E-state index contributed by atoms with van der Waals surface area (Å²) in [6, 6.07) is 9.14. The Labute approximate surface area is 158 Å². The summed E-state index contributed by atoms with van der Waals surface area (Å²) in [4.78, 5) is 11.8. The fourth-order valence-corrected chi connectivity index (χ4v) is 2.66. The number of aliphatic hydroxyl groups excluding tert-OH is 1. The van der Waals surface area contributed by atoms with E-state index in [1.54, 1.807) is 13.0 Å². The minimum Gasteiger partial charge on any atom is -0.445 e. The third kappa shape index (κ3) is 10.9. The molecule has 4 nitrogen and oxygen atoms in total. The molecule has 2 N–H and O–H groups in total. The molecule has 4 heteroatoms. The Morgan fingerprint density at radius 3 is 2.46 bits per heavy atom. The van der Waals surface area contributed by atoms with Crippen LogP contribution in [-0.2, 0) is 11.3 Å². The number of allylic oxidation sites excluding steroid dienone is 1. The minimum absolute atomic E-state index is 0.226. The molecule has 0 fully saturated rings. The lowest BCUT2D eigenvalue weighted by Crippen LogP contribution is -2.40. The smallest absolute Gasteiger partial charge is 0.407 e. The number of carbonyl (C=O) groups excluding carboxylic acids is 1. The Hall–Kier alpha value is -1.81. The molecule has 1 aromatic rings. The number of nitrogens with one attached hydrogen (secondary N) is 1. The number of hydrogen-bond donors (Lipinski definition) is 2. The molecule has 0 aliphatic carbocycles. The molecule has 0 heterocycles. The monoisotopic (exact) mass is 361 g/mol. The molecule has 1 aromatic carbocycles. The van der Waals surface area contributed by atoms with Crippen LogP contribution in [0.5, 0.6) is 0 Å². The van der Waals surface area contributed by atoms with Crippen molar-refractivity contribution in [1.29, 1.82) is 0 Å². The molecule has 2 atom stereocenters. The van der Waals surface area contributed by atoms with Gasteiger partial charge in [-0.05, 0) is 25.3 Å². The molecule has 26 heavy (non-hydrogen) atoms. The van der Waals surface area contributed by atoms with Gasteiger partial charge in [-0.3, -0.25) is 0 Å². The summed E-state index contributed by atoms with van der Waals surface area (Å²) in [5, 5.41) is 12.8. The Balaban J connectivity index is 2.11. The summed E-state index contributed by atoms with van der Waals surface area (Å²) in [7, 11) is 0. The number of aliphatic hydroxyl groups is 1. The van der Waals surface area contributed by atoms with E-state index in [2.05, 4.69) is 12.2 Å². The van der Waals surface area contributed by atoms with Gasteiger partial charge in [0.25, 0.3) is 0 Å². The van der Waals surface area contributed by atoms with E-state index < -0.39 is 12.2 Å². The maximum atomic E-state index is 11.8. The largest absolute Gasteiger partial charge is 0.445 e. The van der Waals surface area contributed by atoms with Crippen LogP contribution in [0, 0.1) is 0 Å². The van der Waals surface area contributed by atoms with Crippen molar-refractivity contribution in [3.63, 3.8) is 0 Å². The van der Waals surface area contributed by atoms with E-state index in [9.17, 15) is 9.90 Å². The number of unbranched alkanes of at least 4 members (excludes halogenated alkanes) is 7. The zero-order valence-electron chi connectivity index (χ0n) is 16.3. The molecule has 0 aliphatic rings. The van der Waals surface area contributed by atoms with E-state index in [1.807, 2.05) is 36.4 Å². The number of hydrogen-bond acceptors (Lipinski definition) is 3. The average molecular weight is 362 g/mol. The van der Waals surface area contributed by atoms with Crippen LogP contribution in [0.1, 0.15) is 70.8 Å². The van der Waals surface area contributed by atoms with Crippen LogP contribution in [0.15, 0.2) is 42.5 Å². The van der Waals surface area contributed by atoms with Gasteiger partial charge in [0.2, 0.25) is 0 Å². The van der Waals surface area contributed by atoms with Crippen LogP contribution in [-0.4, -0.2) is 23.3 Å². The summed E-state index contributed by atoms with van der Waals surface area (Å²) in [5.41, 5.74) is 0.936. The van der Waals surface area contributed by atoms with Crippen LogP contribution >= 0.6 is 0 Å². The number of carbonyl (C=O) groups is 1. The molecule has 0 bridgehead atoms. The predicted octanol–water partition coefficient (Wildman–Crippen LogP) is 5.36. The molecule has 1 rings (SSSR count). The Bertz CT molecular complexity index is 501. The van der Waals surface area contributed by atoms with Crippen LogP contribution in [0.2, 0.25) is 0 Å². The van der Waals surface area contributed by atoms with Gasteiger partial charge in [0.1, 0.15) is 6.61 Å². The summed E-state index contributed by atoms with van der Waals surface area (Å²) < 4.78 is 5.16. The van der Waals surface area contributed by atoms with Gasteiger partial charge in [0.05, 0.1) is 12.1 Å². The fourth-order valence-electron chi connectivity index (χ4n) is 2.66. The van der Waals surface area contributed by atoms with Gasteiger partial charge in [-0.1, -0.05) is 87.9 Å². The van der Waals surface area contributed by atoms with Gasteiger partial charge >= 0.3 is 6.09 Å². The Morgan fingerprint density at radius 1 is 1.12 bits per heavy atom. The maximum absolute atomic E-state index is 11.8. The third-order valence-electron chi connectivity index (χ3n) is 4.38. The van der Waals surface area contributed by atoms with Crippen LogP contribution in [0.4, 0.5) is 4.79 Å². The molecule has 1 unspecified atom stereocenters. The lowest BCUT2D eigenvalue weighted by atomic mass is 10.1. The molecule has 0 spiro atoms. The van der Waals surface area contributed by atoms with Crippen molar-refractivity contribution in [3.8, 4) is 0 Å². The second kappa shape index (κ2) is 14.4. The van der Waals surface area contributed by atoms with Crippen molar-refractivity contribution in [2.45, 2.75) is 84.0 Å². The summed E-state index contributed by atoms with van der Waals surface area (Å²) >= 11 is 0. The van der Waals surface area contributed by atoms with Crippen LogP contribution in [0.3, 0.4) is 0 Å². The highest BCUT2D eigenvalue weighted by Gasteiger charge is 2.14. The Morgan fingerprint density at radius 2 is 1.77 bits per heavy atom. The normalized spacial score (nSPS) is 13.5. The van der Waals surface area contributed by atoms with Crippen molar-refractivity contribution in [2.75, 3.05) is 0 Å². The summed E-state index contributed by atoms with van der Waals surface area (Å²) in [6.07, 6.45) is 12.5. The van der Waals surface area contributed by atoms with Crippen LogP contribution < -0.4 is 5.32 Å². The van der Waals surface area contributed by atoms with Gasteiger partial charge in [-0.25, -0.2) is 4.79 Å². The van der Waals surface area contributed by atoms with Crippen molar-refractivity contribution in [3.05, 3.63) is 48.0 Å². The molecular weight excluding hydrogens is 326 g/mol. The third-order valence-corrected chi connectivity index (χ3v) is 4.38. The quantitative estimate of drug-likeness (QED) is 0.367. The highest BCUT2D eigenvalue weighted by molar-refractivity contribution is 5.67. The van der Waals surface area contributed by atoms with Gasteiger partial charge in [0, 0.05) is 0 Å². The molecule has 146 valence electrons. The van der Waals surface area contributed by atoms with Gasteiger partial charge in [-0.15, -0.1) is 0 Å². The van der Waals surface area contributed by atoms with E-state index >= 15 is 0 Å². The Kier molecular flexibility index (Phi) is 12.3. The van der Waals surface area contributed by atoms with Gasteiger partial charge in [0.15, 0.2) is 0 Å². The van der Waals surface area contributed by atoms with Gasteiger partial charge in [-0.2, -0.15) is 0 Å². The van der Waals surface area contributed by atoms with E-state index in [0.29, 0.717) is 0 Å². The minimum atomic E-state index is -0.705. The zero-order valence-corrected chi connectivity index (χ0v) is 16.3. The SMILES string of the molecule is CCCCCCCCC/C=C\[C@@H](O)C(C)NC(=O)OCc1ccccc1. The highest BCUT2D eigenvalue weighted by atomic mass is 16.5. The number of benzene rings is 1. The first-order valence-electron chi connectivity index (χ1n) is 9.95. The highest BCUT2D eigenvalue weighted by Crippen LogP contribution is 2.09. The molecular formula is C22H35NO3. The summed E-state index contributed by atoms with van der Waals surface area (Å²) in [5.74, 6) is 0.